The highest BCUT2D eigenvalue weighted by atomic mass is 35.5. The van der Waals surface area contributed by atoms with Crippen LogP contribution in [-0.4, -0.2) is 6.61 Å². The van der Waals surface area contributed by atoms with E-state index in [1.807, 2.05) is 13.0 Å². The smallest absolute Gasteiger partial charge is 0.165 e. The molecule has 1 unspecified atom stereocenters. The average Bonchev–Trinajstić information content (AvgIpc) is 2.99. The lowest BCUT2D eigenvalue weighted by molar-refractivity contribution is 0.281. The number of nitrogens with two attached hydrogens (primary N) is 1. The number of para-hydroxylation sites is 1. The number of halogens is 2. The Kier molecular flexibility index (Phi) is 4.56. The van der Waals surface area contributed by atoms with Crippen LogP contribution in [0.25, 0.3) is 0 Å². The molecule has 1 saturated carbocycles. The second-order valence-corrected chi connectivity index (χ2v) is 4.20. The van der Waals surface area contributed by atoms with Crippen LogP contribution >= 0.6 is 12.4 Å². The molecule has 0 radical (unpaired) electrons. The van der Waals surface area contributed by atoms with E-state index in [2.05, 4.69) is 0 Å². The van der Waals surface area contributed by atoms with E-state index in [1.54, 1.807) is 6.07 Å². The van der Waals surface area contributed by atoms with Crippen molar-refractivity contribution in [2.75, 3.05) is 6.61 Å². The number of hydrogen-bond acceptors (Lipinski definition) is 2. The van der Waals surface area contributed by atoms with Gasteiger partial charge in [0.05, 0.1) is 6.61 Å². The van der Waals surface area contributed by atoms with Crippen molar-refractivity contribution in [2.24, 2.45) is 11.7 Å². The summed E-state index contributed by atoms with van der Waals surface area (Å²) in [6.07, 6.45) is 2.39. The van der Waals surface area contributed by atoms with Crippen molar-refractivity contribution >= 4 is 12.4 Å². The Labute approximate surface area is 101 Å². The Balaban J connectivity index is 0.00000128. The quantitative estimate of drug-likeness (QED) is 0.885. The molecule has 0 aliphatic heterocycles. The molecule has 0 amide bonds. The molecule has 1 aliphatic carbocycles. The summed E-state index contributed by atoms with van der Waals surface area (Å²) in [6, 6.07) is 4.69. The van der Waals surface area contributed by atoms with Crippen molar-refractivity contribution in [3.63, 3.8) is 0 Å². The highest BCUT2D eigenvalue weighted by Gasteiger charge is 2.23. The third-order valence-corrected chi connectivity index (χ3v) is 2.65. The summed E-state index contributed by atoms with van der Waals surface area (Å²) in [5, 5.41) is 0. The molecule has 0 heterocycles. The van der Waals surface area contributed by atoms with Gasteiger partial charge in [-0.2, -0.15) is 0 Å². The number of hydrogen-bond donors (Lipinski definition) is 1. The molecule has 1 aromatic carbocycles. The Morgan fingerprint density at radius 2 is 2.19 bits per heavy atom. The summed E-state index contributed by atoms with van der Waals surface area (Å²) < 4.78 is 19.0. The summed E-state index contributed by atoms with van der Waals surface area (Å²) in [4.78, 5) is 0. The van der Waals surface area contributed by atoms with Gasteiger partial charge in [-0.05, 0) is 31.7 Å². The number of ether oxygens (including phenoxy) is 1. The van der Waals surface area contributed by atoms with Crippen molar-refractivity contribution in [3.8, 4) is 5.75 Å². The molecule has 16 heavy (non-hydrogen) atoms. The highest BCUT2D eigenvalue weighted by molar-refractivity contribution is 5.85. The van der Waals surface area contributed by atoms with E-state index in [9.17, 15) is 4.39 Å². The lowest BCUT2D eigenvalue weighted by Crippen LogP contribution is -2.10. The van der Waals surface area contributed by atoms with Crippen molar-refractivity contribution in [1.82, 2.24) is 0 Å². The summed E-state index contributed by atoms with van der Waals surface area (Å²) in [5.74, 6) is 0.635. The number of benzene rings is 1. The minimum atomic E-state index is -0.314. The molecular weight excluding hydrogens is 229 g/mol. The van der Waals surface area contributed by atoms with Crippen LogP contribution in [0.2, 0.25) is 0 Å². The summed E-state index contributed by atoms with van der Waals surface area (Å²) >= 11 is 0. The fourth-order valence-corrected chi connectivity index (χ4v) is 1.52. The maximum atomic E-state index is 13.5. The monoisotopic (exact) mass is 245 g/mol. The topological polar surface area (TPSA) is 35.2 Å². The van der Waals surface area contributed by atoms with E-state index in [0.717, 1.165) is 5.56 Å². The first-order chi connectivity index (χ1) is 7.18. The van der Waals surface area contributed by atoms with Crippen LogP contribution in [0.15, 0.2) is 18.2 Å². The fourth-order valence-electron chi connectivity index (χ4n) is 1.52. The third-order valence-electron chi connectivity index (χ3n) is 2.65. The van der Waals surface area contributed by atoms with Crippen molar-refractivity contribution in [2.45, 2.75) is 25.8 Å². The normalized spacial score (nSPS) is 16.4. The van der Waals surface area contributed by atoms with E-state index in [-0.39, 0.29) is 24.3 Å². The summed E-state index contributed by atoms with van der Waals surface area (Å²) in [5.41, 5.74) is 6.50. The zero-order chi connectivity index (χ0) is 10.8. The highest BCUT2D eigenvalue weighted by Crippen LogP contribution is 2.32. The van der Waals surface area contributed by atoms with E-state index in [4.69, 9.17) is 10.5 Å². The predicted octanol–water partition coefficient (Wildman–Crippen LogP) is 3.06. The van der Waals surface area contributed by atoms with Gasteiger partial charge in [-0.25, -0.2) is 4.39 Å². The van der Waals surface area contributed by atoms with Crippen LogP contribution in [0.3, 0.4) is 0 Å². The van der Waals surface area contributed by atoms with Gasteiger partial charge in [0.15, 0.2) is 11.6 Å². The summed E-state index contributed by atoms with van der Waals surface area (Å²) in [7, 11) is 0. The fraction of sp³-hybridized carbons (Fsp3) is 0.500. The molecule has 2 rings (SSSR count). The van der Waals surface area contributed by atoms with Crippen molar-refractivity contribution < 1.29 is 9.13 Å². The minimum absolute atomic E-state index is 0. The van der Waals surface area contributed by atoms with E-state index in [0.29, 0.717) is 18.3 Å². The van der Waals surface area contributed by atoms with Crippen LogP contribution in [0.5, 0.6) is 5.75 Å². The van der Waals surface area contributed by atoms with Crippen molar-refractivity contribution in [1.29, 1.82) is 0 Å². The Morgan fingerprint density at radius 1 is 1.50 bits per heavy atom. The molecular formula is C12H17ClFNO. The third kappa shape index (κ3) is 3.09. The van der Waals surface area contributed by atoms with Crippen LogP contribution < -0.4 is 10.5 Å². The predicted molar refractivity (Wildman–Crippen MR) is 64.5 cm³/mol. The van der Waals surface area contributed by atoms with E-state index in [1.165, 1.54) is 18.9 Å². The molecule has 2 nitrogen and oxygen atoms in total. The summed E-state index contributed by atoms with van der Waals surface area (Å²) in [6.45, 7) is 2.44. The molecule has 1 aromatic rings. The van der Waals surface area contributed by atoms with Gasteiger partial charge in [-0.15, -0.1) is 12.4 Å². The number of rotatable bonds is 4. The lowest BCUT2D eigenvalue weighted by Gasteiger charge is -2.14. The largest absolute Gasteiger partial charge is 0.490 e. The van der Waals surface area contributed by atoms with Crippen LogP contribution in [0.4, 0.5) is 4.39 Å². The second kappa shape index (κ2) is 5.51. The standard InChI is InChI=1S/C12H16FNO.ClH/c1-8(14)10-3-2-4-11(13)12(10)15-7-9-5-6-9;/h2-4,8-9H,5-7,14H2,1H3;1H. The zero-order valence-electron chi connectivity index (χ0n) is 9.28. The zero-order valence-corrected chi connectivity index (χ0v) is 10.1. The first-order valence-corrected chi connectivity index (χ1v) is 5.35. The molecule has 0 saturated heterocycles. The Morgan fingerprint density at radius 3 is 2.75 bits per heavy atom. The van der Waals surface area contributed by atoms with Gasteiger partial charge in [-0.3, -0.25) is 0 Å². The SMILES string of the molecule is CC(N)c1cccc(F)c1OCC1CC1.Cl. The molecule has 0 bridgehead atoms. The van der Waals surface area contributed by atoms with Crippen LogP contribution in [0.1, 0.15) is 31.4 Å². The second-order valence-electron chi connectivity index (χ2n) is 4.20. The maximum Gasteiger partial charge on any atom is 0.165 e. The molecule has 2 N–H and O–H groups in total. The lowest BCUT2D eigenvalue weighted by atomic mass is 10.1. The molecule has 0 spiro atoms. The maximum absolute atomic E-state index is 13.5. The molecule has 4 heteroatoms. The van der Waals surface area contributed by atoms with E-state index >= 15 is 0 Å². The first kappa shape index (κ1) is 13.3. The first-order valence-electron chi connectivity index (χ1n) is 5.35. The van der Waals surface area contributed by atoms with Gasteiger partial charge in [0.2, 0.25) is 0 Å². The molecule has 1 atom stereocenters. The average molecular weight is 246 g/mol. The van der Waals surface area contributed by atoms with Crippen LogP contribution in [0, 0.1) is 11.7 Å². The Hall–Kier alpha value is -0.800. The molecule has 1 fully saturated rings. The van der Waals surface area contributed by atoms with Gasteiger partial charge in [0, 0.05) is 11.6 Å². The molecule has 0 aromatic heterocycles. The van der Waals surface area contributed by atoms with E-state index < -0.39 is 0 Å². The van der Waals surface area contributed by atoms with Crippen molar-refractivity contribution in [3.05, 3.63) is 29.6 Å². The Bertz CT molecular complexity index is 353. The van der Waals surface area contributed by atoms with Gasteiger partial charge >= 0.3 is 0 Å². The molecule has 1 aliphatic rings. The molecule has 90 valence electrons. The minimum Gasteiger partial charge on any atom is -0.490 e. The van der Waals surface area contributed by atoms with Gasteiger partial charge in [-0.1, -0.05) is 12.1 Å². The van der Waals surface area contributed by atoms with Gasteiger partial charge < -0.3 is 10.5 Å². The van der Waals surface area contributed by atoms with Crippen LogP contribution in [-0.2, 0) is 0 Å². The van der Waals surface area contributed by atoms with Gasteiger partial charge in [0.25, 0.3) is 0 Å². The van der Waals surface area contributed by atoms with Gasteiger partial charge in [0.1, 0.15) is 0 Å².